The second-order valence-corrected chi connectivity index (χ2v) is 8.63. The third-order valence-electron chi connectivity index (χ3n) is 4.96. The minimum Gasteiger partial charge on any atom is -0.496 e. The van der Waals surface area contributed by atoms with Crippen LogP contribution in [0.4, 0.5) is 0 Å². The number of guanidine groups is 1. The van der Waals surface area contributed by atoms with Gasteiger partial charge in [0, 0.05) is 53.6 Å². The van der Waals surface area contributed by atoms with Gasteiger partial charge in [-0.15, -0.1) is 11.3 Å². The van der Waals surface area contributed by atoms with Gasteiger partial charge < -0.3 is 20.1 Å². The minimum absolute atomic E-state index is 0.293. The molecule has 1 aromatic heterocycles. The summed E-state index contributed by atoms with van der Waals surface area (Å²) in [4.78, 5) is 9.56. The second kappa shape index (κ2) is 10.8. The molecule has 0 saturated carbocycles. The first-order valence-corrected chi connectivity index (χ1v) is 10.9. The molecule has 1 saturated heterocycles. The number of nitrogens with zero attached hydrogens (tertiary/aromatic N) is 2. The lowest BCUT2D eigenvalue weighted by molar-refractivity contribution is 0.0177. The van der Waals surface area contributed by atoms with Crippen molar-refractivity contribution in [2.24, 2.45) is 4.99 Å². The number of ether oxygens (including phenoxy) is 2. The smallest absolute Gasteiger partial charge is 0.191 e. The van der Waals surface area contributed by atoms with Crippen molar-refractivity contribution >= 4 is 28.9 Å². The number of hydrogen-bond acceptors (Lipinski definition) is 5. The molecule has 8 heteroatoms. The number of benzene rings is 1. The molecule has 0 spiro atoms. The summed E-state index contributed by atoms with van der Waals surface area (Å²) in [5, 5.41) is 7.52. The highest BCUT2D eigenvalue weighted by Crippen LogP contribution is 2.28. The van der Waals surface area contributed by atoms with Crippen LogP contribution in [0.15, 0.2) is 35.3 Å². The summed E-state index contributed by atoms with van der Waals surface area (Å²) < 4.78 is 11.0. The number of thiophene rings is 1. The Labute approximate surface area is 181 Å². The fourth-order valence-electron chi connectivity index (χ4n) is 3.39. The molecule has 1 aliphatic heterocycles. The van der Waals surface area contributed by atoms with E-state index in [2.05, 4.69) is 39.6 Å². The van der Waals surface area contributed by atoms with Crippen LogP contribution in [0.2, 0.25) is 5.02 Å². The lowest BCUT2D eigenvalue weighted by Crippen LogP contribution is -2.46. The largest absolute Gasteiger partial charge is 0.496 e. The van der Waals surface area contributed by atoms with Crippen molar-refractivity contribution in [2.45, 2.75) is 19.5 Å². The standard InChI is InChI=1S/C21H29ClN4O2S/c1-15-4-7-20(29-15)18(26-8-10-28-11-9-26)14-25-21(23-2)24-13-16-5-6-17(22)12-19(16)27-3/h4-7,12,18H,8-11,13-14H2,1-3H3,(H2,23,24,25). The Hall–Kier alpha value is -1.80. The van der Waals surface area contributed by atoms with Crippen molar-refractivity contribution in [1.82, 2.24) is 15.5 Å². The summed E-state index contributed by atoms with van der Waals surface area (Å²) in [5.74, 6) is 1.52. The van der Waals surface area contributed by atoms with Gasteiger partial charge in [0.25, 0.3) is 0 Å². The van der Waals surface area contributed by atoms with E-state index in [1.165, 1.54) is 9.75 Å². The van der Waals surface area contributed by atoms with E-state index in [0.717, 1.165) is 50.1 Å². The molecule has 1 unspecified atom stereocenters. The number of methoxy groups -OCH3 is 1. The zero-order valence-corrected chi connectivity index (χ0v) is 18.8. The molecule has 1 aromatic carbocycles. The van der Waals surface area contributed by atoms with Crippen molar-refractivity contribution < 1.29 is 9.47 Å². The molecular formula is C21H29ClN4O2S. The lowest BCUT2D eigenvalue weighted by Gasteiger charge is -2.34. The molecule has 0 radical (unpaired) electrons. The number of morpholine rings is 1. The molecule has 29 heavy (non-hydrogen) atoms. The van der Waals surface area contributed by atoms with Crippen LogP contribution in [-0.2, 0) is 11.3 Å². The van der Waals surface area contributed by atoms with Crippen molar-refractivity contribution in [2.75, 3.05) is 47.0 Å². The van der Waals surface area contributed by atoms with Gasteiger partial charge in [-0.1, -0.05) is 17.7 Å². The number of nitrogens with one attached hydrogen (secondary N) is 2. The fourth-order valence-corrected chi connectivity index (χ4v) is 4.56. The molecule has 6 nitrogen and oxygen atoms in total. The Kier molecular flexibility index (Phi) is 8.18. The first-order valence-electron chi connectivity index (χ1n) is 9.75. The van der Waals surface area contributed by atoms with Crippen molar-refractivity contribution in [1.29, 1.82) is 0 Å². The van der Waals surface area contributed by atoms with E-state index in [0.29, 0.717) is 17.6 Å². The molecule has 0 aliphatic carbocycles. The Bertz CT molecular complexity index is 821. The molecule has 2 heterocycles. The first-order chi connectivity index (χ1) is 14.1. The quantitative estimate of drug-likeness (QED) is 0.514. The number of rotatable bonds is 7. The van der Waals surface area contributed by atoms with Crippen LogP contribution in [-0.4, -0.2) is 57.9 Å². The van der Waals surface area contributed by atoms with E-state index in [4.69, 9.17) is 21.1 Å². The van der Waals surface area contributed by atoms with Gasteiger partial charge in [0.05, 0.1) is 26.4 Å². The topological polar surface area (TPSA) is 58.1 Å². The van der Waals surface area contributed by atoms with Gasteiger partial charge in [-0.25, -0.2) is 0 Å². The fraction of sp³-hybridized carbons (Fsp3) is 0.476. The van der Waals surface area contributed by atoms with Crippen molar-refractivity contribution in [3.8, 4) is 5.75 Å². The first kappa shape index (κ1) is 21.9. The monoisotopic (exact) mass is 436 g/mol. The summed E-state index contributed by atoms with van der Waals surface area (Å²) in [7, 11) is 3.44. The Balaban J connectivity index is 1.62. The van der Waals surface area contributed by atoms with Crippen LogP contribution in [0.25, 0.3) is 0 Å². The van der Waals surface area contributed by atoms with Crippen molar-refractivity contribution in [3.63, 3.8) is 0 Å². The summed E-state index contributed by atoms with van der Waals surface area (Å²) >= 11 is 7.91. The molecular weight excluding hydrogens is 408 g/mol. The van der Waals surface area contributed by atoms with Gasteiger partial charge in [-0.05, 0) is 31.2 Å². The summed E-state index contributed by atoms with van der Waals surface area (Å²) in [6.07, 6.45) is 0. The number of aliphatic imine (C=N–C) groups is 1. The van der Waals surface area contributed by atoms with Gasteiger partial charge in [-0.3, -0.25) is 9.89 Å². The molecule has 1 fully saturated rings. The van der Waals surface area contributed by atoms with Crippen LogP contribution in [0.5, 0.6) is 5.75 Å². The second-order valence-electron chi connectivity index (χ2n) is 6.88. The number of halogens is 1. The average molecular weight is 437 g/mol. The molecule has 0 bridgehead atoms. The van der Waals surface area contributed by atoms with Gasteiger partial charge in [0.2, 0.25) is 0 Å². The third kappa shape index (κ3) is 6.09. The maximum Gasteiger partial charge on any atom is 0.191 e. The Morgan fingerprint density at radius 1 is 1.28 bits per heavy atom. The third-order valence-corrected chi connectivity index (χ3v) is 6.29. The summed E-state index contributed by atoms with van der Waals surface area (Å²) in [6, 6.07) is 10.4. The summed E-state index contributed by atoms with van der Waals surface area (Å²) in [6.45, 7) is 6.97. The highest BCUT2D eigenvalue weighted by molar-refractivity contribution is 7.12. The number of hydrogen-bond donors (Lipinski definition) is 2. The molecule has 0 amide bonds. The van der Waals surface area contributed by atoms with Crippen LogP contribution in [0.1, 0.15) is 21.4 Å². The van der Waals surface area contributed by atoms with E-state index >= 15 is 0 Å². The Morgan fingerprint density at radius 3 is 2.72 bits per heavy atom. The van der Waals surface area contributed by atoms with E-state index in [9.17, 15) is 0 Å². The normalized spacial score (nSPS) is 16.5. The maximum absolute atomic E-state index is 6.05. The van der Waals surface area contributed by atoms with Gasteiger partial charge in [-0.2, -0.15) is 0 Å². The molecule has 2 N–H and O–H groups in total. The molecule has 2 aromatic rings. The van der Waals surface area contributed by atoms with E-state index in [1.807, 2.05) is 29.5 Å². The van der Waals surface area contributed by atoms with E-state index in [-0.39, 0.29) is 0 Å². The maximum atomic E-state index is 6.05. The lowest BCUT2D eigenvalue weighted by atomic mass is 10.2. The number of aryl methyl sites for hydroxylation is 1. The van der Waals surface area contributed by atoms with Crippen molar-refractivity contribution in [3.05, 3.63) is 50.7 Å². The van der Waals surface area contributed by atoms with Gasteiger partial charge >= 0.3 is 0 Å². The zero-order chi connectivity index (χ0) is 20.6. The summed E-state index contributed by atoms with van der Waals surface area (Å²) in [5.41, 5.74) is 1.03. The minimum atomic E-state index is 0.293. The van der Waals surface area contributed by atoms with Gasteiger partial charge in [0.15, 0.2) is 5.96 Å². The molecule has 3 rings (SSSR count). The molecule has 158 valence electrons. The predicted molar refractivity (Wildman–Crippen MR) is 120 cm³/mol. The predicted octanol–water partition coefficient (Wildman–Crippen LogP) is 3.46. The van der Waals surface area contributed by atoms with Crippen LogP contribution >= 0.6 is 22.9 Å². The SMILES string of the molecule is CN=C(NCc1ccc(Cl)cc1OC)NCC(c1ccc(C)s1)N1CCOCC1. The highest BCUT2D eigenvalue weighted by Gasteiger charge is 2.24. The molecule has 1 aliphatic rings. The van der Waals surface area contributed by atoms with Crippen LogP contribution < -0.4 is 15.4 Å². The van der Waals surface area contributed by atoms with Crippen LogP contribution in [0, 0.1) is 6.92 Å². The highest BCUT2D eigenvalue weighted by atomic mass is 35.5. The van der Waals surface area contributed by atoms with E-state index < -0.39 is 0 Å². The van der Waals surface area contributed by atoms with Crippen LogP contribution in [0.3, 0.4) is 0 Å². The van der Waals surface area contributed by atoms with Gasteiger partial charge in [0.1, 0.15) is 5.75 Å². The van der Waals surface area contributed by atoms with E-state index in [1.54, 1.807) is 14.2 Å². The molecule has 1 atom stereocenters. The Morgan fingerprint density at radius 2 is 2.07 bits per heavy atom. The average Bonchev–Trinajstić information content (AvgIpc) is 3.17. The zero-order valence-electron chi connectivity index (χ0n) is 17.2.